The first-order valence-electron chi connectivity index (χ1n) is 10.0. The van der Waals surface area contributed by atoms with Crippen molar-refractivity contribution in [1.82, 2.24) is 9.80 Å². The Hall–Kier alpha value is -2.31. The van der Waals surface area contributed by atoms with Crippen LogP contribution in [0.5, 0.6) is 0 Å². The number of likely N-dealkylation sites (N-methyl/N-ethyl adjacent to an activating group) is 1. The number of piperidine rings is 1. The molecule has 2 aromatic rings. The Morgan fingerprint density at radius 3 is 2.62 bits per heavy atom. The van der Waals surface area contributed by atoms with Gasteiger partial charge in [-0.2, -0.15) is 0 Å². The Bertz CT molecular complexity index is 828. The first-order valence-corrected chi connectivity index (χ1v) is 11.2. The van der Waals surface area contributed by atoms with Crippen LogP contribution in [0.25, 0.3) is 0 Å². The second kappa shape index (κ2) is 10.5. The number of benzene rings is 2. The third kappa shape index (κ3) is 6.08. The molecule has 29 heavy (non-hydrogen) atoms. The summed E-state index contributed by atoms with van der Waals surface area (Å²) in [6, 6.07) is 18.0. The average molecular weight is 412 g/mol. The van der Waals surface area contributed by atoms with Crippen LogP contribution in [-0.4, -0.2) is 54.6 Å². The largest absolute Gasteiger partial charge is 0.336 e. The van der Waals surface area contributed by atoms with E-state index in [0.29, 0.717) is 0 Å². The monoisotopic (exact) mass is 411 g/mol. The molecule has 2 amide bonds. The smallest absolute Gasteiger partial charge is 0.244 e. The maximum absolute atomic E-state index is 12.9. The van der Waals surface area contributed by atoms with Gasteiger partial charge in [-0.3, -0.25) is 14.5 Å². The van der Waals surface area contributed by atoms with Crippen molar-refractivity contribution < 1.29 is 9.59 Å². The summed E-state index contributed by atoms with van der Waals surface area (Å²) >= 11 is 1.59. The van der Waals surface area contributed by atoms with Crippen LogP contribution < -0.4 is 5.32 Å². The van der Waals surface area contributed by atoms with Gasteiger partial charge in [0, 0.05) is 25.0 Å². The lowest BCUT2D eigenvalue weighted by Gasteiger charge is -2.33. The summed E-state index contributed by atoms with van der Waals surface area (Å²) < 4.78 is 0. The third-order valence-electron chi connectivity index (χ3n) is 5.24. The standard InChI is InChI=1S/C23H29N3O2S/c1-25(17-22(27)24-20-12-6-7-13-21(20)29-2)23(28)19-11-8-14-26(16-19)15-18-9-4-3-5-10-18/h3-7,9-10,12-13,19H,8,11,14-17H2,1-2H3,(H,24,27). The summed E-state index contributed by atoms with van der Waals surface area (Å²) in [6.45, 7) is 2.68. The van der Waals surface area contributed by atoms with E-state index in [1.54, 1.807) is 23.7 Å². The number of hydrogen-bond acceptors (Lipinski definition) is 4. The van der Waals surface area contributed by atoms with Gasteiger partial charge >= 0.3 is 0 Å². The zero-order valence-corrected chi connectivity index (χ0v) is 18.0. The van der Waals surface area contributed by atoms with Gasteiger partial charge in [0.25, 0.3) is 0 Å². The molecule has 1 aliphatic rings. The van der Waals surface area contributed by atoms with E-state index < -0.39 is 0 Å². The predicted octanol–water partition coefficient (Wildman–Crippen LogP) is 3.72. The Morgan fingerprint density at radius 1 is 1.14 bits per heavy atom. The second-order valence-electron chi connectivity index (χ2n) is 7.50. The van der Waals surface area contributed by atoms with Crippen LogP contribution in [-0.2, 0) is 16.1 Å². The molecular weight excluding hydrogens is 382 g/mol. The molecule has 2 aromatic carbocycles. The quantitative estimate of drug-likeness (QED) is 0.706. The van der Waals surface area contributed by atoms with Crippen LogP contribution in [0.1, 0.15) is 18.4 Å². The molecule has 1 atom stereocenters. The summed E-state index contributed by atoms with van der Waals surface area (Å²) in [5.74, 6) is -0.167. The minimum Gasteiger partial charge on any atom is -0.336 e. The molecular formula is C23H29N3O2S. The molecule has 1 fully saturated rings. The van der Waals surface area contributed by atoms with Crippen LogP contribution in [0.2, 0.25) is 0 Å². The highest BCUT2D eigenvalue weighted by atomic mass is 32.2. The molecule has 0 spiro atoms. The zero-order valence-electron chi connectivity index (χ0n) is 17.1. The van der Waals surface area contributed by atoms with Crippen LogP contribution in [0, 0.1) is 5.92 Å². The van der Waals surface area contributed by atoms with Crippen LogP contribution in [0.4, 0.5) is 5.69 Å². The minimum atomic E-state index is -0.167. The Kier molecular flexibility index (Phi) is 7.72. The normalized spacial score (nSPS) is 17.0. The zero-order chi connectivity index (χ0) is 20.6. The van der Waals surface area contributed by atoms with Crippen molar-refractivity contribution >= 4 is 29.3 Å². The summed E-state index contributed by atoms with van der Waals surface area (Å²) in [5, 5.41) is 2.93. The Labute approximate surface area is 177 Å². The van der Waals surface area contributed by atoms with Gasteiger partial charge in [-0.1, -0.05) is 42.5 Å². The van der Waals surface area contributed by atoms with Gasteiger partial charge < -0.3 is 10.2 Å². The first kappa shape index (κ1) is 21.4. The van der Waals surface area contributed by atoms with Gasteiger partial charge in [-0.05, 0) is 43.3 Å². The van der Waals surface area contributed by atoms with Crippen molar-refractivity contribution in [3.63, 3.8) is 0 Å². The van der Waals surface area contributed by atoms with Crippen LogP contribution in [0.3, 0.4) is 0 Å². The maximum Gasteiger partial charge on any atom is 0.244 e. The predicted molar refractivity (Wildman–Crippen MR) is 119 cm³/mol. The summed E-state index contributed by atoms with van der Waals surface area (Å²) in [5.41, 5.74) is 2.05. The first-order chi connectivity index (χ1) is 14.1. The fourth-order valence-electron chi connectivity index (χ4n) is 3.78. The van der Waals surface area contributed by atoms with Crippen molar-refractivity contribution in [2.45, 2.75) is 24.3 Å². The third-order valence-corrected chi connectivity index (χ3v) is 6.04. The van der Waals surface area contributed by atoms with Gasteiger partial charge in [-0.15, -0.1) is 11.8 Å². The molecule has 1 unspecified atom stereocenters. The number of anilines is 1. The molecule has 1 N–H and O–H groups in total. The van der Waals surface area contributed by atoms with E-state index >= 15 is 0 Å². The number of nitrogens with zero attached hydrogens (tertiary/aromatic N) is 2. The van der Waals surface area contributed by atoms with Crippen LogP contribution in [0.15, 0.2) is 59.5 Å². The van der Waals surface area contributed by atoms with Crippen LogP contribution >= 0.6 is 11.8 Å². The highest BCUT2D eigenvalue weighted by Gasteiger charge is 2.28. The van der Waals surface area contributed by atoms with Crippen molar-refractivity contribution in [2.24, 2.45) is 5.92 Å². The van der Waals surface area contributed by atoms with Crippen molar-refractivity contribution in [1.29, 1.82) is 0 Å². The van der Waals surface area contributed by atoms with Gasteiger partial charge in [0.2, 0.25) is 11.8 Å². The van der Waals surface area contributed by atoms with E-state index in [0.717, 1.165) is 43.1 Å². The molecule has 0 radical (unpaired) electrons. The van der Waals surface area contributed by atoms with Gasteiger partial charge in [0.15, 0.2) is 0 Å². The number of carbonyl (C=O) groups excluding carboxylic acids is 2. The minimum absolute atomic E-state index is 0.0519. The second-order valence-corrected chi connectivity index (χ2v) is 8.35. The number of para-hydroxylation sites is 1. The highest BCUT2D eigenvalue weighted by molar-refractivity contribution is 7.98. The molecule has 1 heterocycles. The van der Waals surface area contributed by atoms with E-state index in [-0.39, 0.29) is 24.3 Å². The number of thioether (sulfide) groups is 1. The maximum atomic E-state index is 12.9. The number of rotatable bonds is 7. The fraction of sp³-hybridized carbons (Fsp3) is 0.391. The lowest BCUT2D eigenvalue weighted by Crippen LogP contribution is -2.45. The van der Waals surface area contributed by atoms with E-state index in [1.165, 1.54) is 5.56 Å². The molecule has 1 aliphatic heterocycles. The number of amides is 2. The summed E-state index contributed by atoms with van der Waals surface area (Å²) in [4.78, 5) is 30.3. The van der Waals surface area contributed by atoms with E-state index in [1.807, 2.05) is 48.7 Å². The van der Waals surface area contributed by atoms with E-state index in [4.69, 9.17) is 0 Å². The molecule has 6 heteroatoms. The van der Waals surface area contributed by atoms with Gasteiger partial charge in [0.05, 0.1) is 18.2 Å². The number of likely N-dealkylation sites (tertiary alicyclic amines) is 1. The van der Waals surface area contributed by atoms with Gasteiger partial charge in [0.1, 0.15) is 0 Å². The lowest BCUT2D eigenvalue weighted by atomic mass is 9.96. The number of carbonyl (C=O) groups is 2. The van der Waals surface area contributed by atoms with Crippen molar-refractivity contribution in [2.75, 3.05) is 38.3 Å². The molecule has 0 saturated carbocycles. The fourth-order valence-corrected chi connectivity index (χ4v) is 4.34. The molecule has 0 aliphatic carbocycles. The van der Waals surface area contributed by atoms with Crippen molar-refractivity contribution in [3.8, 4) is 0 Å². The topological polar surface area (TPSA) is 52.7 Å². The summed E-state index contributed by atoms with van der Waals surface area (Å²) in [6.07, 6.45) is 3.86. The van der Waals surface area contributed by atoms with Crippen molar-refractivity contribution in [3.05, 3.63) is 60.2 Å². The Balaban J connectivity index is 1.53. The molecule has 5 nitrogen and oxygen atoms in total. The molecule has 0 aromatic heterocycles. The molecule has 3 rings (SSSR count). The van der Waals surface area contributed by atoms with E-state index in [9.17, 15) is 9.59 Å². The SMILES string of the molecule is CSc1ccccc1NC(=O)CN(C)C(=O)C1CCCN(Cc2ccccc2)C1. The number of hydrogen-bond donors (Lipinski definition) is 1. The summed E-state index contributed by atoms with van der Waals surface area (Å²) in [7, 11) is 1.72. The highest BCUT2D eigenvalue weighted by Crippen LogP contribution is 2.25. The lowest BCUT2D eigenvalue weighted by molar-refractivity contribution is -0.138. The molecule has 0 bridgehead atoms. The molecule has 1 saturated heterocycles. The number of nitrogens with one attached hydrogen (secondary N) is 1. The Morgan fingerprint density at radius 2 is 1.86 bits per heavy atom. The average Bonchev–Trinajstić information content (AvgIpc) is 2.74. The molecule has 154 valence electrons. The van der Waals surface area contributed by atoms with Gasteiger partial charge in [-0.25, -0.2) is 0 Å². The van der Waals surface area contributed by atoms with E-state index in [2.05, 4.69) is 22.3 Å².